The Morgan fingerprint density at radius 1 is 1.43 bits per heavy atom. The van der Waals surface area contributed by atoms with E-state index >= 15 is 0 Å². The summed E-state index contributed by atoms with van der Waals surface area (Å²) in [5.74, 6) is -1.20. The Balaban J connectivity index is 1.82. The van der Waals surface area contributed by atoms with Crippen molar-refractivity contribution in [3.63, 3.8) is 0 Å². The molecule has 2 amide bonds. The van der Waals surface area contributed by atoms with Gasteiger partial charge in [0.05, 0.1) is 0 Å². The summed E-state index contributed by atoms with van der Waals surface area (Å²) in [5.41, 5.74) is 1.55. The van der Waals surface area contributed by atoms with Crippen LogP contribution in [0.25, 0.3) is 0 Å². The molecule has 0 bridgehead atoms. The molecule has 1 aromatic carbocycles. The molecule has 1 saturated heterocycles. The fourth-order valence-electron chi connectivity index (χ4n) is 2.61. The first kappa shape index (κ1) is 13.9. The number of nitrogens with zero attached hydrogens (tertiary/aromatic N) is 1. The molecule has 2 aliphatic rings. The lowest BCUT2D eigenvalue weighted by molar-refractivity contribution is -0.141. The lowest BCUT2D eigenvalue weighted by Crippen LogP contribution is -2.50. The van der Waals surface area contributed by atoms with Crippen molar-refractivity contribution in [2.45, 2.75) is 24.4 Å². The van der Waals surface area contributed by atoms with E-state index in [4.69, 9.17) is 5.11 Å². The van der Waals surface area contributed by atoms with E-state index in [1.54, 1.807) is 17.0 Å². The molecule has 7 heteroatoms. The summed E-state index contributed by atoms with van der Waals surface area (Å²) < 4.78 is 0. The van der Waals surface area contributed by atoms with Crippen LogP contribution in [0.15, 0.2) is 24.3 Å². The van der Waals surface area contributed by atoms with Gasteiger partial charge in [-0.05, 0) is 18.6 Å². The number of carboxylic acid groups (broad SMARTS) is 1. The molecule has 3 atom stereocenters. The minimum Gasteiger partial charge on any atom is -0.480 e. The van der Waals surface area contributed by atoms with Crippen molar-refractivity contribution in [3.8, 4) is 0 Å². The number of thioether (sulfide) groups is 1. The molecule has 1 aromatic rings. The molecule has 1 fully saturated rings. The van der Waals surface area contributed by atoms with Gasteiger partial charge >= 0.3 is 5.97 Å². The lowest BCUT2D eigenvalue weighted by Gasteiger charge is -2.23. The van der Waals surface area contributed by atoms with Gasteiger partial charge in [0.25, 0.3) is 5.91 Å². The number of hydrogen-bond acceptors (Lipinski definition) is 4. The summed E-state index contributed by atoms with van der Waals surface area (Å²) in [5, 5.41) is 11.1. The Labute approximate surface area is 125 Å². The van der Waals surface area contributed by atoms with Crippen molar-refractivity contribution >= 4 is 29.5 Å². The maximum Gasteiger partial charge on any atom is 0.325 e. The van der Waals surface area contributed by atoms with Crippen LogP contribution < -0.4 is 5.32 Å². The van der Waals surface area contributed by atoms with E-state index in [1.807, 2.05) is 12.1 Å². The van der Waals surface area contributed by atoms with Gasteiger partial charge in [-0.1, -0.05) is 18.2 Å². The number of carbonyl (C=O) groups excluding carboxylic acids is 2. The molecule has 0 saturated carbocycles. The van der Waals surface area contributed by atoms with Crippen molar-refractivity contribution in [1.29, 1.82) is 0 Å². The van der Waals surface area contributed by atoms with E-state index in [1.165, 1.54) is 18.7 Å². The molecule has 2 heterocycles. The average Bonchev–Trinajstić information content (AvgIpc) is 3.00. The Bertz CT molecular complexity index is 633. The molecule has 0 unspecified atom stereocenters. The van der Waals surface area contributed by atoms with E-state index in [9.17, 15) is 14.4 Å². The van der Waals surface area contributed by atoms with Crippen molar-refractivity contribution in [2.24, 2.45) is 0 Å². The van der Waals surface area contributed by atoms with Crippen molar-refractivity contribution < 1.29 is 19.5 Å². The molecule has 3 rings (SSSR count). The van der Waals surface area contributed by atoms with Crippen molar-refractivity contribution in [3.05, 3.63) is 35.4 Å². The third-order valence-corrected chi connectivity index (χ3v) is 5.03. The van der Waals surface area contributed by atoms with Gasteiger partial charge in [-0.25, -0.2) is 0 Å². The summed E-state index contributed by atoms with van der Waals surface area (Å²) in [6.45, 7) is 1.40. The van der Waals surface area contributed by atoms with Gasteiger partial charge in [-0.15, -0.1) is 11.8 Å². The zero-order chi connectivity index (χ0) is 15.1. The largest absolute Gasteiger partial charge is 0.480 e. The highest BCUT2D eigenvalue weighted by Crippen LogP contribution is 2.47. The van der Waals surface area contributed by atoms with Gasteiger partial charge < -0.3 is 15.3 Å². The standard InChI is InChI=1S/C14H14N2O4S/c1-7(14(19)20)15-11(17)10-6-21-13-9-5-3-2-4-8(9)12(18)16(10)13/h2-5,7,10,13H,6H2,1H3,(H,15,17)(H,19,20)/t7-,10-,13-/m0/s1. The predicted molar refractivity (Wildman–Crippen MR) is 76.8 cm³/mol. The quantitative estimate of drug-likeness (QED) is 0.864. The minimum atomic E-state index is -1.10. The second-order valence-electron chi connectivity index (χ2n) is 5.07. The SMILES string of the molecule is C[C@H](NC(=O)[C@@H]1CS[C@H]2c3ccccc3C(=O)N12)C(=O)O. The van der Waals surface area contributed by atoms with E-state index in [0.717, 1.165) is 5.56 Å². The third kappa shape index (κ3) is 2.17. The molecule has 2 aliphatic heterocycles. The first-order valence-electron chi connectivity index (χ1n) is 6.57. The highest BCUT2D eigenvalue weighted by molar-refractivity contribution is 7.99. The third-order valence-electron chi connectivity index (χ3n) is 3.72. The number of nitrogens with one attached hydrogen (secondary N) is 1. The van der Waals surface area contributed by atoms with Crippen LogP contribution in [0, 0.1) is 0 Å². The molecule has 110 valence electrons. The molecule has 2 N–H and O–H groups in total. The predicted octanol–water partition coefficient (Wildman–Crippen LogP) is 0.846. The summed E-state index contributed by atoms with van der Waals surface area (Å²) in [6.07, 6.45) is 0. The molecular formula is C14H14N2O4S. The number of hydrogen-bond donors (Lipinski definition) is 2. The maximum absolute atomic E-state index is 12.4. The fourth-order valence-corrected chi connectivity index (χ4v) is 4.08. The van der Waals surface area contributed by atoms with Gasteiger partial charge in [0.15, 0.2) is 0 Å². The Morgan fingerprint density at radius 3 is 2.86 bits per heavy atom. The van der Waals surface area contributed by atoms with Crippen LogP contribution >= 0.6 is 11.8 Å². The summed E-state index contributed by atoms with van der Waals surface area (Å²) in [6, 6.07) is 5.72. The fraction of sp³-hybridized carbons (Fsp3) is 0.357. The second-order valence-corrected chi connectivity index (χ2v) is 6.18. The Kier molecular flexibility index (Phi) is 3.36. The van der Waals surface area contributed by atoms with Gasteiger partial charge in [0.2, 0.25) is 5.91 Å². The van der Waals surface area contributed by atoms with Gasteiger partial charge in [0, 0.05) is 11.3 Å². The van der Waals surface area contributed by atoms with Crippen molar-refractivity contribution in [2.75, 3.05) is 5.75 Å². The monoisotopic (exact) mass is 306 g/mol. The second kappa shape index (κ2) is 5.07. The molecule has 0 radical (unpaired) electrons. The van der Waals surface area contributed by atoms with Gasteiger partial charge in [-0.2, -0.15) is 0 Å². The number of fused-ring (bicyclic) bond motifs is 3. The summed E-state index contributed by atoms with van der Waals surface area (Å²) >= 11 is 1.53. The summed E-state index contributed by atoms with van der Waals surface area (Å²) in [7, 11) is 0. The van der Waals surface area contributed by atoms with E-state index < -0.39 is 24.0 Å². The number of amides is 2. The number of aliphatic carboxylic acids is 1. The normalized spacial score (nSPS) is 24.4. The highest BCUT2D eigenvalue weighted by atomic mass is 32.2. The maximum atomic E-state index is 12.4. The molecule has 21 heavy (non-hydrogen) atoms. The number of carbonyl (C=O) groups is 3. The van der Waals surface area contributed by atoms with Crippen molar-refractivity contribution in [1.82, 2.24) is 10.2 Å². The van der Waals surface area contributed by atoms with Crippen LogP contribution in [0.2, 0.25) is 0 Å². The van der Waals surface area contributed by atoms with E-state index in [0.29, 0.717) is 11.3 Å². The van der Waals surface area contributed by atoms with Gasteiger partial charge in [0.1, 0.15) is 17.5 Å². The minimum absolute atomic E-state index is 0.149. The Hall–Kier alpha value is -2.02. The first-order valence-corrected chi connectivity index (χ1v) is 7.62. The smallest absolute Gasteiger partial charge is 0.325 e. The topological polar surface area (TPSA) is 86.7 Å². The number of benzene rings is 1. The van der Waals surface area contributed by atoms with Crippen LogP contribution in [0.3, 0.4) is 0 Å². The zero-order valence-electron chi connectivity index (χ0n) is 11.3. The van der Waals surface area contributed by atoms with Crippen LogP contribution in [0.5, 0.6) is 0 Å². The van der Waals surface area contributed by atoms with E-state index in [-0.39, 0.29) is 11.3 Å². The molecule has 0 aromatic heterocycles. The van der Waals surface area contributed by atoms with Crippen LogP contribution in [0.1, 0.15) is 28.2 Å². The zero-order valence-corrected chi connectivity index (χ0v) is 12.1. The molecule has 0 spiro atoms. The molecular weight excluding hydrogens is 292 g/mol. The lowest BCUT2D eigenvalue weighted by atomic mass is 10.1. The molecule has 0 aliphatic carbocycles. The van der Waals surface area contributed by atoms with Crippen LogP contribution in [-0.4, -0.2) is 45.6 Å². The highest BCUT2D eigenvalue weighted by Gasteiger charge is 2.48. The van der Waals surface area contributed by atoms with Crippen LogP contribution in [0.4, 0.5) is 0 Å². The molecule has 6 nitrogen and oxygen atoms in total. The number of carboxylic acids is 1. The van der Waals surface area contributed by atoms with Crippen LogP contribution in [-0.2, 0) is 9.59 Å². The summed E-state index contributed by atoms with van der Waals surface area (Å²) in [4.78, 5) is 37.0. The average molecular weight is 306 g/mol. The Morgan fingerprint density at radius 2 is 2.14 bits per heavy atom. The first-order chi connectivity index (χ1) is 10.0. The van der Waals surface area contributed by atoms with E-state index in [2.05, 4.69) is 5.32 Å². The van der Waals surface area contributed by atoms with Gasteiger partial charge in [-0.3, -0.25) is 14.4 Å². The number of rotatable bonds is 3.